The Morgan fingerprint density at radius 2 is 1.53 bits per heavy atom. The van der Waals surface area contributed by atoms with Crippen molar-refractivity contribution in [2.75, 3.05) is 31.5 Å². The number of fused-ring (bicyclic) bond motifs is 3. The van der Waals surface area contributed by atoms with Gasteiger partial charge in [0.15, 0.2) is 12.1 Å². The lowest BCUT2D eigenvalue weighted by Gasteiger charge is -2.51. The van der Waals surface area contributed by atoms with Crippen LogP contribution in [0.3, 0.4) is 0 Å². The zero-order valence-electron chi connectivity index (χ0n) is 21.5. The first kappa shape index (κ1) is 25.7. The van der Waals surface area contributed by atoms with Crippen LogP contribution in [0.2, 0.25) is 0 Å². The third-order valence-electron chi connectivity index (χ3n) is 7.68. The number of anilines is 1. The first-order valence-corrected chi connectivity index (χ1v) is 13.1. The van der Waals surface area contributed by atoms with Crippen molar-refractivity contribution in [1.82, 2.24) is 0 Å². The number of rotatable bonds is 9. The van der Waals surface area contributed by atoms with Crippen molar-refractivity contribution >= 4 is 23.4 Å². The van der Waals surface area contributed by atoms with Crippen molar-refractivity contribution in [1.29, 1.82) is 0 Å². The van der Waals surface area contributed by atoms with Crippen LogP contribution in [0.1, 0.15) is 41.7 Å². The largest absolute Gasteiger partial charge is 0.454 e. The number of Topliss-reactive ketones (excluding diaryl/α,β-unsaturated/α-hetero) is 1. The molecule has 0 spiro atoms. The van der Waals surface area contributed by atoms with E-state index < -0.39 is 12.0 Å². The molecule has 0 saturated carbocycles. The highest BCUT2D eigenvalue weighted by atomic mass is 16.5. The monoisotopic (exact) mass is 513 g/mol. The Kier molecular flexibility index (Phi) is 7.56. The number of ether oxygens (including phenoxy) is 2. The molecule has 7 heteroatoms. The van der Waals surface area contributed by atoms with Gasteiger partial charge in [-0.05, 0) is 42.0 Å². The highest BCUT2D eigenvalue weighted by molar-refractivity contribution is 5.97. The Labute approximate surface area is 223 Å². The Morgan fingerprint density at radius 3 is 2.16 bits per heavy atom. The molecule has 7 nitrogen and oxygen atoms in total. The van der Waals surface area contributed by atoms with Gasteiger partial charge in [-0.3, -0.25) is 9.59 Å². The number of hydrogen-bond acceptors (Lipinski definition) is 6. The van der Waals surface area contributed by atoms with Crippen LogP contribution in [0.15, 0.2) is 84.9 Å². The smallest absolute Gasteiger partial charge is 0.333 e. The van der Waals surface area contributed by atoms with Gasteiger partial charge in [-0.2, -0.15) is 0 Å². The number of nitrogens with zero attached hydrogens (tertiary/aromatic N) is 1. The average Bonchev–Trinajstić information content (AvgIpc) is 2.93. The number of para-hydroxylation sites is 1. The van der Waals surface area contributed by atoms with E-state index in [1.54, 1.807) is 24.3 Å². The number of esters is 2. The molecule has 2 atom stereocenters. The normalized spacial score (nSPS) is 22.8. The topological polar surface area (TPSA) is 81.7 Å². The molecule has 1 N–H and O–H groups in total. The molecule has 0 aromatic heterocycles. The van der Waals surface area contributed by atoms with Crippen LogP contribution in [0.5, 0.6) is 5.75 Å². The summed E-state index contributed by atoms with van der Waals surface area (Å²) in [4.78, 5) is 37.9. The molecule has 0 amide bonds. The van der Waals surface area contributed by atoms with E-state index in [4.69, 9.17) is 9.47 Å². The summed E-state index contributed by atoms with van der Waals surface area (Å²) in [5.74, 6) is 0.0730. The van der Waals surface area contributed by atoms with E-state index >= 15 is 0 Å². The molecule has 0 unspecified atom stereocenters. The third-order valence-corrected chi connectivity index (χ3v) is 7.68. The highest BCUT2D eigenvalue weighted by Crippen LogP contribution is 2.37. The van der Waals surface area contributed by atoms with Gasteiger partial charge in [0.2, 0.25) is 5.78 Å². The molecule has 3 aromatic rings. The average molecular weight is 514 g/mol. The van der Waals surface area contributed by atoms with Crippen LogP contribution < -0.4 is 10.1 Å². The van der Waals surface area contributed by atoms with Gasteiger partial charge in [0.05, 0.1) is 13.1 Å². The van der Waals surface area contributed by atoms with Gasteiger partial charge in [-0.1, -0.05) is 48.5 Å². The van der Waals surface area contributed by atoms with Gasteiger partial charge in [0.1, 0.15) is 18.8 Å². The molecule has 3 fully saturated rings. The molecule has 3 heterocycles. The standard InChI is InChI=1S/C31H33N2O5/c1-22(34)37-27-14-12-23(13-15-27)28(35)20-33-18-16-24(17-19-33)29(21-33)38-31(36)30(25-8-4-2-5-9-25)32-26-10-6-3-7-11-26/h2-15,24,29-30,32H,16-21H2,1H3/q+1/t24?,29-,30+,33?/m0/s1. The first-order valence-electron chi connectivity index (χ1n) is 13.1. The maximum Gasteiger partial charge on any atom is 0.333 e. The van der Waals surface area contributed by atoms with E-state index in [1.807, 2.05) is 60.7 Å². The number of benzene rings is 3. The van der Waals surface area contributed by atoms with Crippen molar-refractivity contribution in [2.45, 2.75) is 31.9 Å². The molecule has 3 aromatic carbocycles. The minimum atomic E-state index is -0.625. The van der Waals surface area contributed by atoms with Gasteiger partial charge >= 0.3 is 11.9 Å². The second kappa shape index (κ2) is 11.2. The summed E-state index contributed by atoms with van der Waals surface area (Å²) in [6.07, 6.45) is 1.63. The fraction of sp³-hybridized carbons (Fsp3) is 0.323. The van der Waals surface area contributed by atoms with Gasteiger partial charge in [-0.25, -0.2) is 4.79 Å². The summed E-state index contributed by atoms with van der Waals surface area (Å²) >= 11 is 0. The summed E-state index contributed by atoms with van der Waals surface area (Å²) in [6.45, 7) is 4.15. The fourth-order valence-electron chi connectivity index (χ4n) is 5.69. The predicted octanol–water partition coefficient (Wildman–Crippen LogP) is 4.80. The van der Waals surface area contributed by atoms with Gasteiger partial charge in [0.25, 0.3) is 0 Å². The Bertz CT molecular complexity index is 1270. The van der Waals surface area contributed by atoms with Crippen LogP contribution >= 0.6 is 0 Å². The van der Waals surface area contributed by atoms with E-state index in [1.165, 1.54) is 6.92 Å². The number of carbonyl (C=O) groups is 3. The van der Waals surface area contributed by atoms with Crippen molar-refractivity contribution < 1.29 is 28.3 Å². The second-order valence-electron chi connectivity index (χ2n) is 10.3. The second-order valence-corrected chi connectivity index (χ2v) is 10.3. The Hall–Kier alpha value is -3.97. The lowest BCUT2D eigenvalue weighted by Crippen LogP contribution is -2.65. The summed E-state index contributed by atoms with van der Waals surface area (Å²) < 4.78 is 11.9. The van der Waals surface area contributed by atoms with E-state index in [0.29, 0.717) is 34.8 Å². The molecule has 38 heavy (non-hydrogen) atoms. The maximum absolute atomic E-state index is 13.6. The number of piperidine rings is 3. The summed E-state index contributed by atoms with van der Waals surface area (Å²) in [7, 11) is 0. The number of quaternary nitrogens is 1. The van der Waals surface area contributed by atoms with Crippen LogP contribution in [-0.2, 0) is 14.3 Å². The quantitative estimate of drug-likeness (QED) is 0.192. The van der Waals surface area contributed by atoms with Crippen LogP contribution in [0.25, 0.3) is 0 Å². The van der Waals surface area contributed by atoms with Crippen molar-refractivity contribution in [3.63, 3.8) is 0 Å². The van der Waals surface area contributed by atoms with Crippen molar-refractivity contribution in [3.8, 4) is 5.75 Å². The molecule has 2 bridgehead atoms. The zero-order chi connectivity index (χ0) is 26.5. The molecule has 0 radical (unpaired) electrons. The molecule has 196 valence electrons. The van der Waals surface area contributed by atoms with Gasteiger partial charge < -0.3 is 19.3 Å². The number of hydrogen-bond donors (Lipinski definition) is 1. The van der Waals surface area contributed by atoms with Crippen molar-refractivity contribution in [3.05, 3.63) is 96.1 Å². The van der Waals surface area contributed by atoms with Crippen LogP contribution in [0, 0.1) is 5.92 Å². The zero-order valence-corrected chi connectivity index (χ0v) is 21.5. The number of carbonyl (C=O) groups excluding carboxylic acids is 3. The molecule has 6 rings (SSSR count). The van der Waals surface area contributed by atoms with Crippen LogP contribution in [-0.4, -0.2) is 54.5 Å². The van der Waals surface area contributed by atoms with Gasteiger partial charge in [-0.15, -0.1) is 0 Å². The number of ketones is 1. The maximum atomic E-state index is 13.6. The molecular formula is C31H33N2O5+. The first-order chi connectivity index (χ1) is 18.4. The molecule has 3 aliphatic rings. The highest BCUT2D eigenvalue weighted by Gasteiger charge is 2.49. The lowest BCUT2D eigenvalue weighted by molar-refractivity contribution is -0.938. The molecule has 0 aliphatic carbocycles. The van der Waals surface area contributed by atoms with E-state index in [9.17, 15) is 14.4 Å². The fourth-order valence-corrected chi connectivity index (χ4v) is 5.69. The lowest BCUT2D eigenvalue weighted by atomic mass is 9.82. The van der Waals surface area contributed by atoms with Crippen molar-refractivity contribution in [2.24, 2.45) is 5.92 Å². The Morgan fingerprint density at radius 1 is 0.895 bits per heavy atom. The summed E-state index contributed by atoms with van der Waals surface area (Å²) in [5.41, 5.74) is 2.28. The predicted molar refractivity (Wildman–Crippen MR) is 144 cm³/mol. The molecule has 3 saturated heterocycles. The van der Waals surface area contributed by atoms with E-state index in [0.717, 1.165) is 37.2 Å². The SMILES string of the molecule is CC(=O)Oc1ccc(C(=O)C[N+]23CCC(CC2)[C@@H](OC(=O)[C@H](Nc2ccccc2)c2ccccc2)C3)cc1. The molecule has 3 aliphatic heterocycles. The van der Waals surface area contributed by atoms with Gasteiger partial charge in [0, 0.05) is 36.9 Å². The van der Waals surface area contributed by atoms with E-state index in [2.05, 4.69) is 5.32 Å². The van der Waals surface area contributed by atoms with Crippen LogP contribution in [0.4, 0.5) is 5.69 Å². The summed E-state index contributed by atoms with van der Waals surface area (Å²) in [5, 5.41) is 3.34. The third kappa shape index (κ3) is 5.94. The van der Waals surface area contributed by atoms with E-state index in [-0.39, 0.29) is 17.9 Å². The number of nitrogens with one attached hydrogen (secondary N) is 1. The minimum absolute atomic E-state index is 0.0395. The minimum Gasteiger partial charge on any atom is -0.454 e. The summed E-state index contributed by atoms with van der Waals surface area (Å²) in [6, 6.07) is 25.3. The molecular weight excluding hydrogens is 480 g/mol. The Balaban J connectivity index is 1.27.